The van der Waals surface area contributed by atoms with Crippen molar-refractivity contribution in [3.63, 3.8) is 0 Å². The first-order chi connectivity index (χ1) is 15.3. The monoisotopic (exact) mass is 452 g/mol. The van der Waals surface area contributed by atoms with Crippen LogP contribution in [0.2, 0.25) is 0 Å². The van der Waals surface area contributed by atoms with Crippen molar-refractivity contribution in [1.82, 2.24) is 4.98 Å². The molecule has 0 aliphatic carbocycles. The maximum Gasteiger partial charge on any atom is 0.416 e. The zero-order valence-electron chi connectivity index (χ0n) is 17.1. The molecular formula is C24H19F3N4S. The van der Waals surface area contributed by atoms with Gasteiger partial charge in [0, 0.05) is 23.4 Å². The predicted octanol–water partition coefficient (Wildman–Crippen LogP) is 6.03. The summed E-state index contributed by atoms with van der Waals surface area (Å²) in [6.07, 6.45) is -2.67. The number of rotatable bonds is 3. The second-order valence-electron chi connectivity index (χ2n) is 7.66. The van der Waals surface area contributed by atoms with E-state index in [0.29, 0.717) is 18.2 Å². The van der Waals surface area contributed by atoms with Gasteiger partial charge in [-0.15, -0.1) is 11.3 Å². The third-order valence-corrected chi connectivity index (χ3v) is 6.63. The Morgan fingerprint density at radius 1 is 1.06 bits per heavy atom. The molecule has 1 aliphatic heterocycles. The van der Waals surface area contributed by atoms with Crippen LogP contribution in [-0.2, 0) is 12.6 Å². The average Bonchev–Trinajstić information content (AvgIpc) is 3.25. The molecule has 4 aromatic rings. The second kappa shape index (κ2) is 7.63. The summed E-state index contributed by atoms with van der Waals surface area (Å²) in [7, 11) is 0. The van der Waals surface area contributed by atoms with Gasteiger partial charge in [0.1, 0.15) is 12.5 Å². The highest BCUT2D eigenvalue weighted by molar-refractivity contribution is 7.12. The minimum absolute atomic E-state index is 0.0876. The lowest BCUT2D eigenvalue weighted by atomic mass is 9.97. The number of nitrogens with zero attached hydrogens (tertiary/aromatic N) is 3. The number of aromatic nitrogens is 1. The third-order valence-electron chi connectivity index (χ3n) is 5.70. The molecule has 1 aliphatic rings. The van der Waals surface area contributed by atoms with Gasteiger partial charge in [0.2, 0.25) is 0 Å². The molecule has 162 valence electrons. The summed E-state index contributed by atoms with van der Waals surface area (Å²) in [6, 6.07) is 13.5. The van der Waals surface area contributed by atoms with Gasteiger partial charge in [-0.2, -0.15) is 13.2 Å². The van der Waals surface area contributed by atoms with Crippen LogP contribution in [0.3, 0.4) is 0 Å². The molecule has 0 radical (unpaired) electrons. The van der Waals surface area contributed by atoms with Gasteiger partial charge in [0.05, 0.1) is 27.5 Å². The molecule has 5 rings (SSSR count). The van der Waals surface area contributed by atoms with E-state index in [2.05, 4.69) is 14.9 Å². The molecule has 8 heteroatoms. The Morgan fingerprint density at radius 3 is 2.69 bits per heavy atom. The van der Waals surface area contributed by atoms with E-state index in [-0.39, 0.29) is 12.0 Å². The number of hydrogen-bond acceptors (Lipinski definition) is 5. The molecule has 0 bridgehead atoms. The number of thiophene rings is 1. The van der Waals surface area contributed by atoms with Crippen LogP contribution in [0, 0.1) is 6.92 Å². The SMILES string of the molecule is Cc1ccc2c(Cc3ccccc3C(F)(F)F)nccc2c1N1CN=C(N)c2sccc21. The Kier molecular flexibility index (Phi) is 4.89. The first kappa shape index (κ1) is 20.5. The van der Waals surface area contributed by atoms with E-state index in [9.17, 15) is 13.2 Å². The smallest absolute Gasteiger partial charge is 0.383 e. The minimum Gasteiger partial charge on any atom is -0.383 e. The highest BCUT2D eigenvalue weighted by Crippen LogP contribution is 2.41. The first-order valence-corrected chi connectivity index (χ1v) is 10.9. The van der Waals surface area contributed by atoms with Crippen molar-refractivity contribution >= 4 is 39.3 Å². The number of benzene rings is 2. The van der Waals surface area contributed by atoms with E-state index in [1.165, 1.54) is 23.5 Å². The summed E-state index contributed by atoms with van der Waals surface area (Å²) in [6.45, 7) is 2.39. The van der Waals surface area contributed by atoms with Crippen LogP contribution in [0.1, 0.15) is 27.3 Å². The Labute approximate surface area is 186 Å². The number of hydrogen-bond donors (Lipinski definition) is 1. The maximum atomic E-state index is 13.5. The molecule has 0 fully saturated rings. The highest BCUT2D eigenvalue weighted by Gasteiger charge is 2.33. The number of halogens is 3. The standard InChI is InChI=1S/C24H19F3N4S/c1-14-6-7-16-17(21(14)31-13-30-23(28)22-20(31)9-11-32-22)8-10-29-19(16)12-15-4-2-3-5-18(15)24(25,26)27/h2-11H,12-13H2,1H3,(H2,28,30). The zero-order valence-corrected chi connectivity index (χ0v) is 18.0. The lowest BCUT2D eigenvalue weighted by molar-refractivity contribution is -0.138. The fraction of sp³-hybridized carbons (Fsp3) is 0.167. The normalized spacial score (nSPS) is 13.9. The molecule has 4 nitrogen and oxygen atoms in total. The Morgan fingerprint density at radius 2 is 1.88 bits per heavy atom. The van der Waals surface area contributed by atoms with Crippen LogP contribution >= 0.6 is 11.3 Å². The van der Waals surface area contributed by atoms with Crippen molar-refractivity contribution in [3.8, 4) is 0 Å². The van der Waals surface area contributed by atoms with Gasteiger partial charge in [-0.25, -0.2) is 4.99 Å². The molecule has 2 aromatic heterocycles. The number of amidine groups is 1. The number of alkyl halides is 3. The van der Waals surface area contributed by atoms with E-state index < -0.39 is 11.7 Å². The van der Waals surface area contributed by atoms with Crippen LogP contribution < -0.4 is 10.6 Å². The number of fused-ring (bicyclic) bond motifs is 2. The van der Waals surface area contributed by atoms with Gasteiger partial charge in [0.25, 0.3) is 0 Å². The molecule has 2 N–H and O–H groups in total. The van der Waals surface area contributed by atoms with Gasteiger partial charge >= 0.3 is 6.18 Å². The quantitative estimate of drug-likeness (QED) is 0.413. The fourth-order valence-corrected chi connectivity index (χ4v) is 5.05. The van der Waals surface area contributed by atoms with Crippen LogP contribution in [0.15, 0.2) is 65.1 Å². The first-order valence-electron chi connectivity index (χ1n) is 10.0. The summed E-state index contributed by atoms with van der Waals surface area (Å²) in [5, 5.41) is 3.73. The molecular weight excluding hydrogens is 433 g/mol. The number of nitrogens with two attached hydrogens (primary N) is 1. The van der Waals surface area contributed by atoms with Crippen LogP contribution in [-0.4, -0.2) is 17.5 Å². The van der Waals surface area contributed by atoms with Crippen molar-refractivity contribution in [3.05, 3.63) is 87.4 Å². The summed E-state index contributed by atoms with van der Waals surface area (Å²) < 4.78 is 40.6. The molecule has 3 heterocycles. The summed E-state index contributed by atoms with van der Waals surface area (Å²) in [5.74, 6) is 0.523. The predicted molar refractivity (Wildman–Crippen MR) is 123 cm³/mol. The second-order valence-corrected chi connectivity index (χ2v) is 8.58. The summed E-state index contributed by atoms with van der Waals surface area (Å²) in [5.41, 5.74) is 9.24. The highest BCUT2D eigenvalue weighted by atomic mass is 32.1. The molecule has 2 aromatic carbocycles. The van der Waals surface area contributed by atoms with Gasteiger partial charge in [0.15, 0.2) is 0 Å². The van der Waals surface area contributed by atoms with E-state index >= 15 is 0 Å². The molecule has 32 heavy (non-hydrogen) atoms. The van der Waals surface area contributed by atoms with Crippen LogP contribution in [0.25, 0.3) is 10.8 Å². The van der Waals surface area contributed by atoms with E-state index in [1.54, 1.807) is 12.3 Å². The topological polar surface area (TPSA) is 54.5 Å². The molecule has 0 atom stereocenters. The lowest BCUT2D eigenvalue weighted by Gasteiger charge is -2.29. The van der Waals surface area contributed by atoms with E-state index in [4.69, 9.17) is 5.73 Å². The lowest BCUT2D eigenvalue weighted by Crippen LogP contribution is -2.28. The van der Waals surface area contributed by atoms with Crippen molar-refractivity contribution in [2.24, 2.45) is 10.7 Å². The number of aliphatic imine (C=N–C) groups is 1. The summed E-state index contributed by atoms with van der Waals surface area (Å²) >= 11 is 1.54. The van der Waals surface area contributed by atoms with Gasteiger partial charge in [-0.1, -0.05) is 30.3 Å². The van der Waals surface area contributed by atoms with Crippen molar-refractivity contribution in [1.29, 1.82) is 0 Å². The average molecular weight is 453 g/mol. The largest absolute Gasteiger partial charge is 0.416 e. The zero-order chi connectivity index (χ0) is 22.5. The molecule has 0 saturated heterocycles. The molecule has 0 amide bonds. The third kappa shape index (κ3) is 3.40. The fourth-order valence-electron chi connectivity index (χ4n) is 4.23. The van der Waals surface area contributed by atoms with Gasteiger partial charge in [-0.05, 0) is 41.6 Å². The van der Waals surface area contributed by atoms with E-state index in [0.717, 1.165) is 38.7 Å². The Balaban J connectivity index is 1.65. The van der Waals surface area contributed by atoms with Crippen molar-refractivity contribution < 1.29 is 13.2 Å². The van der Waals surface area contributed by atoms with Crippen LogP contribution in [0.5, 0.6) is 0 Å². The number of aryl methyl sites for hydroxylation is 1. The van der Waals surface area contributed by atoms with Crippen molar-refractivity contribution in [2.75, 3.05) is 11.6 Å². The number of anilines is 2. The molecule has 0 saturated carbocycles. The molecule has 0 unspecified atom stereocenters. The Bertz CT molecular complexity index is 1360. The number of pyridine rings is 1. The maximum absolute atomic E-state index is 13.5. The van der Waals surface area contributed by atoms with Gasteiger partial charge in [-0.3, -0.25) is 4.98 Å². The van der Waals surface area contributed by atoms with Crippen LogP contribution in [0.4, 0.5) is 24.5 Å². The van der Waals surface area contributed by atoms with E-state index in [1.807, 2.05) is 36.6 Å². The van der Waals surface area contributed by atoms with Crippen molar-refractivity contribution in [2.45, 2.75) is 19.5 Å². The Hall–Kier alpha value is -3.39. The van der Waals surface area contributed by atoms with Gasteiger partial charge < -0.3 is 10.6 Å². The minimum atomic E-state index is -4.41. The molecule has 0 spiro atoms. The summed E-state index contributed by atoms with van der Waals surface area (Å²) in [4.78, 5) is 11.9.